The standard InChI is InChI=1S/C23H27N3O2.ClH/c27-22(12-17-5-2-1-3-6-17)26-10-4-7-20(16-26)23(28)25-13-18-8-9-19-14-24-15-21(19)11-18;/h1-3,5-6,8-9,11,20,24H,4,7,10,12-16H2,(H,25,28);1H. The van der Waals surface area contributed by atoms with Crippen molar-refractivity contribution in [2.45, 2.75) is 38.9 Å². The minimum atomic E-state index is -0.121. The molecular formula is C23H28ClN3O2. The number of piperidine rings is 1. The summed E-state index contributed by atoms with van der Waals surface area (Å²) in [5.41, 5.74) is 4.81. The lowest BCUT2D eigenvalue weighted by Gasteiger charge is -2.32. The summed E-state index contributed by atoms with van der Waals surface area (Å²) in [6.45, 7) is 3.63. The third-order valence-corrected chi connectivity index (χ3v) is 5.71. The van der Waals surface area contributed by atoms with E-state index in [1.807, 2.05) is 35.2 Å². The molecule has 154 valence electrons. The zero-order chi connectivity index (χ0) is 19.3. The number of fused-ring (bicyclic) bond motifs is 1. The van der Waals surface area contributed by atoms with Crippen molar-refractivity contribution in [3.8, 4) is 0 Å². The maximum atomic E-state index is 12.7. The number of carbonyl (C=O) groups excluding carboxylic acids is 2. The van der Waals surface area contributed by atoms with Crippen molar-refractivity contribution in [1.82, 2.24) is 15.5 Å². The summed E-state index contributed by atoms with van der Waals surface area (Å²) in [5.74, 6) is 0.0372. The van der Waals surface area contributed by atoms with Crippen LogP contribution in [0.2, 0.25) is 0 Å². The van der Waals surface area contributed by atoms with Gasteiger partial charge < -0.3 is 15.5 Å². The van der Waals surface area contributed by atoms with E-state index in [-0.39, 0.29) is 30.1 Å². The van der Waals surface area contributed by atoms with E-state index in [0.29, 0.717) is 19.5 Å². The Labute approximate surface area is 178 Å². The summed E-state index contributed by atoms with van der Waals surface area (Å²) in [6, 6.07) is 16.2. The minimum Gasteiger partial charge on any atom is -0.352 e. The molecular weight excluding hydrogens is 386 g/mol. The summed E-state index contributed by atoms with van der Waals surface area (Å²) < 4.78 is 0. The van der Waals surface area contributed by atoms with E-state index in [1.165, 1.54) is 11.1 Å². The highest BCUT2D eigenvalue weighted by atomic mass is 35.5. The molecule has 29 heavy (non-hydrogen) atoms. The molecule has 5 nitrogen and oxygen atoms in total. The number of hydrogen-bond acceptors (Lipinski definition) is 3. The van der Waals surface area contributed by atoms with Crippen molar-refractivity contribution in [2.24, 2.45) is 5.92 Å². The molecule has 6 heteroatoms. The predicted molar refractivity (Wildman–Crippen MR) is 116 cm³/mol. The monoisotopic (exact) mass is 413 g/mol. The summed E-state index contributed by atoms with van der Waals surface area (Å²) in [5, 5.41) is 6.41. The Morgan fingerprint density at radius 3 is 2.66 bits per heavy atom. The predicted octanol–water partition coefficient (Wildman–Crippen LogP) is 2.81. The normalized spacial score (nSPS) is 17.9. The number of amides is 2. The number of nitrogens with zero attached hydrogens (tertiary/aromatic N) is 1. The highest BCUT2D eigenvalue weighted by molar-refractivity contribution is 5.85. The van der Waals surface area contributed by atoms with Crippen molar-refractivity contribution in [2.75, 3.05) is 13.1 Å². The van der Waals surface area contributed by atoms with Crippen LogP contribution in [0.3, 0.4) is 0 Å². The maximum Gasteiger partial charge on any atom is 0.227 e. The minimum absolute atomic E-state index is 0. The second-order valence-corrected chi connectivity index (χ2v) is 7.77. The van der Waals surface area contributed by atoms with Crippen LogP contribution in [-0.4, -0.2) is 29.8 Å². The van der Waals surface area contributed by atoms with Crippen LogP contribution in [0, 0.1) is 5.92 Å². The topological polar surface area (TPSA) is 61.4 Å². The molecule has 2 amide bonds. The molecule has 1 fully saturated rings. The van der Waals surface area contributed by atoms with Crippen LogP contribution < -0.4 is 10.6 Å². The third kappa shape index (κ3) is 5.37. The van der Waals surface area contributed by atoms with E-state index in [4.69, 9.17) is 0 Å². The maximum absolute atomic E-state index is 12.7. The fourth-order valence-electron chi connectivity index (χ4n) is 4.09. The van der Waals surface area contributed by atoms with Crippen LogP contribution >= 0.6 is 12.4 Å². The van der Waals surface area contributed by atoms with Crippen LogP contribution in [-0.2, 0) is 35.6 Å². The van der Waals surface area contributed by atoms with Crippen molar-refractivity contribution in [1.29, 1.82) is 0 Å². The summed E-state index contributed by atoms with van der Waals surface area (Å²) in [4.78, 5) is 27.1. The van der Waals surface area contributed by atoms with Crippen molar-refractivity contribution in [3.63, 3.8) is 0 Å². The van der Waals surface area contributed by atoms with E-state index in [9.17, 15) is 9.59 Å². The van der Waals surface area contributed by atoms with Crippen molar-refractivity contribution in [3.05, 3.63) is 70.8 Å². The average Bonchev–Trinajstić information content (AvgIpc) is 3.20. The fraction of sp³-hybridized carbons (Fsp3) is 0.391. The first-order chi connectivity index (χ1) is 13.7. The Bertz CT molecular complexity index is 856. The molecule has 0 saturated carbocycles. The summed E-state index contributed by atoms with van der Waals surface area (Å²) in [6.07, 6.45) is 2.12. The first kappa shape index (κ1) is 21.3. The van der Waals surface area contributed by atoms with Gasteiger partial charge in [-0.2, -0.15) is 0 Å². The highest BCUT2D eigenvalue weighted by Gasteiger charge is 2.28. The number of likely N-dealkylation sites (tertiary alicyclic amines) is 1. The zero-order valence-corrected chi connectivity index (χ0v) is 17.3. The molecule has 1 unspecified atom stereocenters. The second kappa shape index (κ2) is 9.90. The molecule has 0 bridgehead atoms. The Balaban J connectivity index is 0.00000240. The van der Waals surface area contributed by atoms with Gasteiger partial charge in [-0.1, -0.05) is 48.5 Å². The van der Waals surface area contributed by atoms with Crippen molar-refractivity contribution < 1.29 is 9.59 Å². The van der Waals surface area contributed by atoms with Crippen LogP contribution in [0.25, 0.3) is 0 Å². The van der Waals surface area contributed by atoms with Gasteiger partial charge in [0.05, 0.1) is 12.3 Å². The van der Waals surface area contributed by atoms with Gasteiger partial charge in [0.15, 0.2) is 0 Å². The molecule has 2 aromatic rings. The summed E-state index contributed by atoms with van der Waals surface area (Å²) in [7, 11) is 0. The van der Waals surface area contributed by atoms with Crippen LogP contribution in [0.4, 0.5) is 0 Å². The smallest absolute Gasteiger partial charge is 0.227 e. The number of carbonyl (C=O) groups is 2. The molecule has 2 heterocycles. The first-order valence-corrected chi connectivity index (χ1v) is 10.1. The van der Waals surface area contributed by atoms with Crippen LogP contribution in [0.15, 0.2) is 48.5 Å². The first-order valence-electron chi connectivity index (χ1n) is 10.1. The quantitative estimate of drug-likeness (QED) is 0.792. The Morgan fingerprint density at radius 2 is 1.83 bits per heavy atom. The average molecular weight is 414 g/mol. The van der Waals surface area contributed by atoms with Gasteiger partial charge in [-0.25, -0.2) is 0 Å². The lowest BCUT2D eigenvalue weighted by Crippen LogP contribution is -2.45. The number of rotatable bonds is 5. The Hall–Kier alpha value is -2.37. The van der Waals surface area contributed by atoms with Gasteiger partial charge >= 0.3 is 0 Å². The lowest BCUT2D eigenvalue weighted by atomic mass is 9.96. The molecule has 0 aromatic heterocycles. The van der Waals surface area contributed by atoms with Crippen molar-refractivity contribution >= 4 is 24.2 Å². The Kier molecular flexibility index (Phi) is 7.29. The molecule has 0 radical (unpaired) electrons. The van der Waals surface area contributed by atoms with E-state index in [0.717, 1.165) is 43.6 Å². The van der Waals surface area contributed by atoms with Gasteiger partial charge in [-0.3, -0.25) is 9.59 Å². The fourth-order valence-corrected chi connectivity index (χ4v) is 4.09. The number of benzene rings is 2. The molecule has 1 atom stereocenters. The van der Waals surface area contributed by atoms with Gasteiger partial charge in [0.2, 0.25) is 11.8 Å². The van der Waals surface area contributed by atoms with Crippen LogP contribution in [0.1, 0.15) is 35.1 Å². The van der Waals surface area contributed by atoms with Gasteiger partial charge in [-0.15, -0.1) is 12.4 Å². The SMILES string of the molecule is Cl.O=C(NCc1ccc2c(c1)CNC2)C1CCCN(C(=O)Cc2ccccc2)C1. The molecule has 0 aliphatic carbocycles. The molecule has 2 aliphatic rings. The number of hydrogen-bond donors (Lipinski definition) is 2. The highest BCUT2D eigenvalue weighted by Crippen LogP contribution is 2.19. The molecule has 1 saturated heterocycles. The Morgan fingerprint density at radius 1 is 1.03 bits per heavy atom. The van der Waals surface area contributed by atoms with Crippen LogP contribution in [0.5, 0.6) is 0 Å². The van der Waals surface area contributed by atoms with Gasteiger partial charge in [-0.05, 0) is 35.1 Å². The molecule has 4 rings (SSSR count). The largest absolute Gasteiger partial charge is 0.352 e. The molecule has 2 aromatic carbocycles. The van der Waals surface area contributed by atoms with E-state index in [2.05, 4.69) is 28.8 Å². The van der Waals surface area contributed by atoms with Gasteiger partial charge in [0.25, 0.3) is 0 Å². The van der Waals surface area contributed by atoms with Gasteiger partial charge in [0.1, 0.15) is 0 Å². The second-order valence-electron chi connectivity index (χ2n) is 7.77. The molecule has 2 aliphatic heterocycles. The van der Waals surface area contributed by atoms with E-state index >= 15 is 0 Å². The molecule has 0 spiro atoms. The zero-order valence-electron chi connectivity index (χ0n) is 16.5. The third-order valence-electron chi connectivity index (χ3n) is 5.71. The van der Waals surface area contributed by atoms with E-state index < -0.39 is 0 Å². The number of nitrogens with one attached hydrogen (secondary N) is 2. The number of halogens is 1. The molecule has 2 N–H and O–H groups in total. The van der Waals surface area contributed by atoms with E-state index in [1.54, 1.807) is 0 Å². The van der Waals surface area contributed by atoms with Gasteiger partial charge in [0, 0.05) is 32.7 Å². The lowest BCUT2D eigenvalue weighted by molar-refractivity contribution is -0.135. The summed E-state index contributed by atoms with van der Waals surface area (Å²) >= 11 is 0.